The first-order valence-electron chi connectivity index (χ1n) is 8.69. The standard InChI is InChI=1S/C16H23N7O4S2/c1-4-22(5-2)29(26,27)12-8-6-7-11(9-12)13-20-21-16(23(13)18)28-10(3)14(24)19-15(17)25/h6-10H,4-5,18H2,1-3H3,(H3,17,19,24,25)/t10-/m0/s1. The van der Waals surface area contributed by atoms with Crippen molar-refractivity contribution in [3.05, 3.63) is 24.3 Å². The third-order valence-corrected chi connectivity index (χ3v) is 7.10. The van der Waals surface area contributed by atoms with E-state index < -0.39 is 27.2 Å². The average Bonchev–Trinajstić information content (AvgIpc) is 3.02. The van der Waals surface area contributed by atoms with Gasteiger partial charge in [-0.2, -0.15) is 4.31 Å². The summed E-state index contributed by atoms with van der Waals surface area (Å²) >= 11 is 0.976. The molecule has 0 aliphatic carbocycles. The normalized spacial score (nSPS) is 12.7. The number of aromatic nitrogens is 3. The Labute approximate surface area is 172 Å². The molecular formula is C16H23N7O4S2. The van der Waals surface area contributed by atoms with Gasteiger partial charge in [-0.1, -0.05) is 37.7 Å². The van der Waals surface area contributed by atoms with E-state index in [1.807, 2.05) is 5.32 Å². The summed E-state index contributed by atoms with van der Waals surface area (Å²) in [6.07, 6.45) is 0. The molecule has 3 amide bonds. The van der Waals surface area contributed by atoms with Crippen LogP contribution in [0.4, 0.5) is 4.79 Å². The zero-order valence-corrected chi connectivity index (χ0v) is 17.8. The number of urea groups is 1. The van der Waals surface area contributed by atoms with Crippen molar-refractivity contribution < 1.29 is 18.0 Å². The molecule has 1 atom stereocenters. The monoisotopic (exact) mass is 441 g/mol. The number of rotatable bonds is 8. The summed E-state index contributed by atoms with van der Waals surface area (Å²) in [4.78, 5) is 22.7. The number of primary amides is 1. The number of nitrogens with zero attached hydrogens (tertiary/aromatic N) is 4. The van der Waals surface area contributed by atoms with Gasteiger partial charge in [0, 0.05) is 18.7 Å². The molecular weight excluding hydrogens is 418 g/mol. The molecule has 2 aromatic rings. The SMILES string of the molecule is CCN(CC)S(=O)(=O)c1cccc(-c2nnc(S[C@@H](C)C(=O)NC(N)=O)n2N)c1. The van der Waals surface area contributed by atoms with Crippen LogP contribution in [0.2, 0.25) is 0 Å². The van der Waals surface area contributed by atoms with Crippen LogP contribution in [0.25, 0.3) is 11.4 Å². The summed E-state index contributed by atoms with van der Waals surface area (Å²) in [5.74, 6) is 5.67. The van der Waals surface area contributed by atoms with E-state index in [9.17, 15) is 18.0 Å². The number of nitrogens with two attached hydrogens (primary N) is 2. The van der Waals surface area contributed by atoms with Crippen molar-refractivity contribution in [1.29, 1.82) is 0 Å². The van der Waals surface area contributed by atoms with Gasteiger partial charge in [0.2, 0.25) is 21.1 Å². The van der Waals surface area contributed by atoms with Crippen molar-refractivity contribution in [2.24, 2.45) is 5.73 Å². The number of hydrogen-bond acceptors (Lipinski definition) is 8. The molecule has 0 radical (unpaired) electrons. The number of amides is 3. The van der Waals surface area contributed by atoms with Crippen LogP contribution in [0, 0.1) is 0 Å². The highest BCUT2D eigenvalue weighted by atomic mass is 32.2. The Morgan fingerprint density at radius 1 is 1.28 bits per heavy atom. The van der Waals surface area contributed by atoms with E-state index in [2.05, 4.69) is 10.2 Å². The molecule has 0 bridgehead atoms. The first kappa shape index (κ1) is 22.6. The van der Waals surface area contributed by atoms with Gasteiger partial charge in [-0.15, -0.1) is 10.2 Å². The summed E-state index contributed by atoms with van der Waals surface area (Å²) in [5, 5.41) is 9.43. The van der Waals surface area contributed by atoms with Crippen LogP contribution in [0.3, 0.4) is 0 Å². The number of carbonyl (C=O) groups is 2. The van der Waals surface area contributed by atoms with Crippen molar-refractivity contribution in [3.63, 3.8) is 0 Å². The van der Waals surface area contributed by atoms with E-state index in [1.165, 1.54) is 16.4 Å². The lowest BCUT2D eigenvalue weighted by Gasteiger charge is -2.18. The van der Waals surface area contributed by atoms with Gasteiger partial charge in [0.25, 0.3) is 0 Å². The van der Waals surface area contributed by atoms with Gasteiger partial charge in [-0.05, 0) is 19.1 Å². The fraction of sp³-hybridized carbons (Fsp3) is 0.375. The molecule has 1 aromatic heterocycles. The number of sulfonamides is 1. The van der Waals surface area contributed by atoms with Gasteiger partial charge in [0.1, 0.15) is 0 Å². The number of benzene rings is 1. The Bertz CT molecular complexity index is 1000. The second-order valence-electron chi connectivity index (χ2n) is 5.91. The molecule has 5 N–H and O–H groups in total. The van der Waals surface area contributed by atoms with Crippen LogP contribution in [-0.2, 0) is 14.8 Å². The molecule has 1 heterocycles. The van der Waals surface area contributed by atoms with Crippen LogP contribution in [0.1, 0.15) is 20.8 Å². The van der Waals surface area contributed by atoms with Gasteiger partial charge >= 0.3 is 6.03 Å². The number of imide groups is 1. The van der Waals surface area contributed by atoms with Crippen molar-refractivity contribution in [3.8, 4) is 11.4 Å². The highest BCUT2D eigenvalue weighted by Gasteiger charge is 2.24. The first-order valence-corrected chi connectivity index (χ1v) is 11.0. The topological polar surface area (TPSA) is 166 Å². The molecule has 0 aliphatic heterocycles. The molecule has 0 aliphatic rings. The minimum atomic E-state index is -3.65. The van der Waals surface area contributed by atoms with Gasteiger partial charge in [-0.25, -0.2) is 17.9 Å². The highest BCUT2D eigenvalue weighted by Crippen LogP contribution is 2.27. The summed E-state index contributed by atoms with van der Waals surface area (Å²) in [5.41, 5.74) is 5.39. The summed E-state index contributed by atoms with van der Waals surface area (Å²) in [6.45, 7) is 5.78. The number of thioether (sulfide) groups is 1. The fourth-order valence-electron chi connectivity index (χ4n) is 2.50. The molecule has 0 saturated carbocycles. The number of nitrogens with one attached hydrogen (secondary N) is 1. The number of hydrogen-bond donors (Lipinski definition) is 3. The molecule has 0 spiro atoms. The Morgan fingerprint density at radius 2 is 1.93 bits per heavy atom. The predicted octanol–water partition coefficient (Wildman–Crippen LogP) is 0.365. The molecule has 29 heavy (non-hydrogen) atoms. The second kappa shape index (κ2) is 9.24. The molecule has 13 heteroatoms. The molecule has 2 rings (SSSR count). The van der Waals surface area contributed by atoms with E-state index in [0.717, 1.165) is 16.4 Å². The van der Waals surface area contributed by atoms with Crippen molar-refractivity contribution in [2.75, 3.05) is 18.9 Å². The minimum absolute atomic E-state index is 0.116. The molecule has 1 aromatic carbocycles. The Kier molecular flexibility index (Phi) is 7.21. The maximum atomic E-state index is 12.7. The van der Waals surface area contributed by atoms with Gasteiger partial charge in [-0.3, -0.25) is 10.1 Å². The van der Waals surface area contributed by atoms with Crippen LogP contribution in [-0.4, -0.2) is 57.9 Å². The highest BCUT2D eigenvalue weighted by molar-refractivity contribution is 8.00. The Hall–Kier alpha value is -2.64. The van der Waals surface area contributed by atoms with Crippen LogP contribution >= 0.6 is 11.8 Å². The zero-order chi connectivity index (χ0) is 21.8. The zero-order valence-electron chi connectivity index (χ0n) is 16.2. The molecule has 0 unspecified atom stereocenters. The summed E-state index contributed by atoms with van der Waals surface area (Å²) in [7, 11) is -3.65. The molecule has 11 nitrogen and oxygen atoms in total. The second-order valence-corrected chi connectivity index (χ2v) is 9.15. The smallest absolute Gasteiger partial charge is 0.318 e. The number of carbonyl (C=O) groups excluding carboxylic acids is 2. The fourth-order valence-corrected chi connectivity index (χ4v) is 4.77. The minimum Gasteiger partial charge on any atom is -0.351 e. The predicted molar refractivity (Wildman–Crippen MR) is 109 cm³/mol. The molecule has 0 saturated heterocycles. The van der Waals surface area contributed by atoms with Gasteiger partial charge < -0.3 is 11.6 Å². The van der Waals surface area contributed by atoms with Gasteiger partial charge in [0.15, 0.2) is 5.82 Å². The quantitative estimate of drug-likeness (QED) is 0.390. The van der Waals surface area contributed by atoms with E-state index in [4.69, 9.17) is 11.6 Å². The maximum absolute atomic E-state index is 12.7. The van der Waals surface area contributed by atoms with E-state index in [0.29, 0.717) is 18.7 Å². The lowest BCUT2D eigenvalue weighted by atomic mass is 10.2. The maximum Gasteiger partial charge on any atom is 0.318 e. The van der Waals surface area contributed by atoms with E-state index in [1.54, 1.807) is 32.9 Å². The lowest BCUT2D eigenvalue weighted by Crippen LogP contribution is -2.39. The van der Waals surface area contributed by atoms with Crippen molar-refractivity contribution in [1.82, 2.24) is 24.5 Å². The van der Waals surface area contributed by atoms with Crippen LogP contribution < -0.4 is 16.9 Å². The Balaban J connectivity index is 2.31. The molecule has 158 valence electrons. The van der Waals surface area contributed by atoms with Crippen molar-refractivity contribution >= 4 is 33.7 Å². The van der Waals surface area contributed by atoms with E-state index >= 15 is 0 Å². The van der Waals surface area contributed by atoms with Crippen LogP contribution in [0.15, 0.2) is 34.3 Å². The first-order chi connectivity index (χ1) is 13.6. The summed E-state index contributed by atoms with van der Waals surface area (Å²) < 4.78 is 28.0. The van der Waals surface area contributed by atoms with E-state index in [-0.39, 0.29) is 15.9 Å². The lowest BCUT2D eigenvalue weighted by molar-refractivity contribution is -0.119. The number of nitrogen functional groups attached to an aromatic ring is 1. The van der Waals surface area contributed by atoms with Crippen molar-refractivity contribution in [2.45, 2.75) is 36.1 Å². The largest absolute Gasteiger partial charge is 0.351 e. The summed E-state index contributed by atoms with van der Waals surface area (Å²) in [6, 6.07) is 5.27. The van der Waals surface area contributed by atoms with Crippen LogP contribution in [0.5, 0.6) is 0 Å². The third-order valence-electron chi connectivity index (χ3n) is 4.00. The molecule has 0 fully saturated rings. The Morgan fingerprint density at radius 3 is 2.52 bits per heavy atom. The van der Waals surface area contributed by atoms with Gasteiger partial charge in [0.05, 0.1) is 10.1 Å². The average molecular weight is 442 g/mol. The third kappa shape index (κ3) is 5.05.